The minimum absolute atomic E-state index is 0.0101. The molecule has 0 spiro atoms. The lowest BCUT2D eigenvalue weighted by molar-refractivity contribution is 0.356. The molecule has 152 valence electrons. The Morgan fingerprint density at radius 2 is 1.67 bits per heavy atom. The van der Waals surface area contributed by atoms with Crippen molar-refractivity contribution in [2.45, 2.75) is 13.0 Å². The lowest BCUT2D eigenvalue weighted by Crippen LogP contribution is -2.07. The summed E-state index contributed by atoms with van der Waals surface area (Å²) in [5.74, 6) is 1.70. The Labute approximate surface area is 173 Å². The number of fused-ring (bicyclic) bond motifs is 1. The van der Waals surface area contributed by atoms with E-state index in [1.54, 1.807) is 44.8 Å². The van der Waals surface area contributed by atoms with Crippen molar-refractivity contribution in [1.29, 1.82) is 0 Å². The number of ether oxygens (including phenoxy) is 2. The largest absolute Gasteiger partial charge is 0.493 e. The number of halogens is 1. The smallest absolute Gasteiger partial charge is 0.162 e. The fourth-order valence-electron chi connectivity index (χ4n) is 3.31. The van der Waals surface area contributed by atoms with Gasteiger partial charge in [0.25, 0.3) is 0 Å². The van der Waals surface area contributed by atoms with Crippen molar-refractivity contribution in [1.82, 2.24) is 15.2 Å². The molecule has 1 atom stereocenters. The van der Waals surface area contributed by atoms with Crippen LogP contribution in [0.5, 0.6) is 11.5 Å². The van der Waals surface area contributed by atoms with E-state index in [2.05, 4.69) is 20.5 Å². The van der Waals surface area contributed by atoms with Gasteiger partial charge in [0, 0.05) is 34.8 Å². The molecule has 6 nitrogen and oxygen atoms in total. The summed E-state index contributed by atoms with van der Waals surface area (Å²) in [6.45, 7) is 2.00. The number of benzene rings is 2. The maximum Gasteiger partial charge on any atom is 0.162 e. The molecule has 0 radical (unpaired) electrons. The van der Waals surface area contributed by atoms with Gasteiger partial charge in [-0.15, -0.1) is 0 Å². The molecule has 0 aliphatic carbocycles. The first-order valence-corrected chi connectivity index (χ1v) is 9.45. The molecule has 4 aromatic rings. The number of aromatic nitrogens is 3. The molecule has 0 amide bonds. The van der Waals surface area contributed by atoms with Gasteiger partial charge in [0.05, 0.1) is 25.9 Å². The Balaban J connectivity index is 1.62. The molecule has 1 N–H and O–H groups in total. The highest BCUT2D eigenvalue weighted by atomic mass is 19.1. The Morgan fingerprint density at radius 3 is 2.33 bits per heavy atom. The number of methoxy groups -OCH3 is 2. The second kappa shape index (κ2) is 8.32. The van der Waals surface area contributed by atoms with Crippen LogP contribution in [0.3, 0.4) is 0 Å². The third kappa shape index (κ3) is 3.87. The highest BCUT2D eigenvalue weighted by molar-refractivity contribution is 5.95. The first kappa shape index (κ1) is 19.6. The number of pyridine rings is 1. The number of hydrogen-bond acceptors (Lipinski definition) is 6. The van der Waals surface area contributed by atoms with E-state index < -0.39 is 0 Å². The predicted octanol–water partition coefficient (Wildman–Crippen LogP) is 5.02. The molecule has 0 aliphatic heterocycles. The van der Waals surface area contributed by atoms with E-state index in [1.165, 1.54) is 12.1 Å². The van der Waals surface area contributed by atoms with Gasteiger partial charge in [-0.05, 0) is 42.8 Å². The van der Waals surface area contributed by atoms with E-state index in [-0.39, 0.29) is 11.9 Å². The number of rotatable bonds is 6. The fourth-order valence-corrected chi connectivity index (χ4v) is 3.31. The van der Waals surface area contributed by atoms with E-state index in [1.807, 2.05) is 25.1 Å². The topological polar surface area (TPSA) is 69.2 Å². The third-order valence-corrected chi connectivity index (χ3v) is 4.95. The molecule has 30 heavy (non-hydrogen) atoms. The van der Waals surface area contributed by atoms with Gasteiger partial charge >= 0.3 is 0 Å². The van der Waals surface area contributed by atoms with Crippen LogP contribution >= 0.6 is 0 Å². The van der Waals surface area contributed by atoms with E-state index >= 15 is 0 Å². The summed E-state index contributed by atoms with van der Waals surface area (Å²) >= 11 is 0. The lowest BCUT2D eigenvalue weighted by atomic mass is 10.0. The normalized spacial score (nSPS) is 11.9. The van der Waals surface area contributed by atoms with E-state index in [0.29, 0.717) is 17.0 Å². The zero-order chi connectivity index (χ0) is 21.1. The highest BCUT2D eigenvalue weighted by Gasteiger charge is 2.13. The molecule has 1 unspecified atom stereocenters. The maximum atomic E-state index is 13.1. The quantitative estimate of drug-likeness (QED) is 0.487. The summed E-state index contributed by atoms with van der Waals surface area (Å²) in [6.07, 6.45) is 3.49. The van der Waals surface area contributed by atoms with Crippen LogP contribution in [0.1, 0.15) is 18.5 Å². The number of nitrogens with one attached hydrogen (secondary N) is 1. The van der Waals surface area contributed by atoms with E-state index in [4.69, 9.17) is 9.47 Å². The first-order valence-electron chi connectivity index (χ1n) is 9.45. The van der Waals surface area contributed by atoms with Gasteiger partial charge in [0.15, 0.2) is 11.5 Å². The highest BCUT2D eigenvalue weighted by Crippen LogP contribution is 2.35. The van der Waals surface area contributed by atoms with Crippen LogP contribution in [-0.2, 0) is 0 Å². The van der Waals surface area contributed by atoms with Crippen molar-refractivity contribution in [2.75, 3.05) is 19.5 Å². The van der Waals surface area contributed by atoms with E-state index in [9.17, 15) is 4.39 Å². The minimum atomic E-state index is -0.249. The van der Waals surface area contributed by atoms with Crippen LogP contribution in [0.25, 0.3) is 22.0 Å². The summed E-state index contributed by atoms with van der Waals surface area (Å²) in [5.41, 5.74) is 3.48. The molecule has 2 heterocycles. The standard InChI is InChI=1S/C23H21FN4O2/c1-14(15-4-7-17(24)8-5-15)27-23-9-6-16(12-25-23)19-13-26-28-20-11-22(30-3)21(29-2)10-18(19)20/h4-14H,1-3H3,(H,25,27). The Hall–Kier alpha value is -3.74. The molecule has 0 saturated heterocycles. The fraction of sp³-hybridized carbons (Fsp3) is 0.174. The average molecular weight is 404 g/mol. The number of hydrogen-bond donors (Lipinski definition) is 1. The van der Waals surface area contributed by atoms with Gasteiger partial charge in [-0.2, -0.15) is 10.2 Å². The molecular weight excluding hydrogens is 383 g/mol. The molecule has 0 bridgehead atoms. The zero-order valence-corrected chi connectivity index (χ0v) is 16.9. The predicted molar refractivity (Wildman–Crippen MR) is 114 cm³/mol. The number of anilines is 1. The molecule has 4 rings (SSSR count). The summed E-state index contributed by atoms with van der Waals surface area (Å²) in [4.78, 5) is 4.53. The van der Waals surface area contributed by atoms with Crippen molar-refractivity contribution in [3.63, 3.8) is 0 Å². The second-order valence-corrected chi connectivity index (χ2v) is 6.83. The molecule has 7 heteroatoms. The van der Waals surface area contributed by atoms with Crippen molar-refractivity contribution in [2.24, 2.45) is 0 Å². The summed E-state index contributed by atoms with van der Waals surface area (Å²) in [6, 6.07) is 14.0. The average Bonchev–Trinajstić information content (AvgIpc) is 2.78. The van der Waals surface area contributed by atoms with Gasteiger partial charge in [0.1, 0.15) is 11.6 Å². The van der Waals surface area contributed by atoms with Gasteiger partial charge in [-0.25, -0.2) is 9.37 Å². The Bertz CT molecular complexity index is 1160. The van der Waals surface area contributed by atoms with Crippen LogP contribution in [0.4, 0.5) is 10.2 Å². The van der Waals surface area contributed by atoms with Gasteiger partial charge in [-0.1, -0.05) is 12.1 Å². The van der Waals surface area contributed by atoms with Crippen LogP contribution in [0.15, 0.2) is 60.9 Å². The second-order valence-electron chi connectivity index (χ2n) is 6.83. The first-order chi connectivity index (χ1) is 14.6. The van der Waals surface area contributed by atoms with Crippen molar-refractivity contribution < 1.29 is 13.9 Å². The molecule has 0 fully saturated rings. The monoisotopic (exact) mass is 404 g/mol. The van der Waals surface area contributed by atoms with E-state index in [0.717, 1.165) is 27.9 Å². The Morgan fingerprint density at radius 1 is 0.933 bits per heavy atom. The minimum Gasteiger partial charge on any atom is -0.493 e. The summed E-state index contributed by atoms with van der Waals surface area (Å²) in [7, 11) is 3.19. The molecule has 2 aromatic carbocycles. The lowest BCUT2D eigenvalue weighted by Gasteiger charge is -2.15. The van der Waals surface area contributed by atoms with Crippen LogP contribution in [0.2, 0.25) is 0 Å². The molecule has 2 aromatic heterocycles. The van der Waals surface area contributed by atoms with Crippen LogP contribution in [0, 0.1) is 5.82 Å². The van der Waals surface area contributed by atoms with Gasteiger partial charge < -0.3 is 14.8 Å². The maximum absolute atomic E-state index is 13.1. The molecule has 0 aliphatic rings. The van der Waals surface area contributed by atoms with Crippen LogP contribution in [-0.4, -0.2) is 29.4 Å². The Kier molecular flexibility index (Phi) is 5.43. The van der Waals surface area contributed by atoms with Gasteiger partial charge in [-0.3, -0.25) is 0 Å². The van der Waals surface area contributed by atoms with Gasteiger partial charge in [0.2, 0.25) is 0 Å². The van der Waals surface area contributed by atoms with Crippen molar-refractivity contribution in [3.05, 3.63) is 72.3 Å². The zero-order valence-electron chi connectivity index (χ0n) is 16.9. The third-order valence-electron chi connectivity index (χ3n) is 4.95. The molecular formula is C23H21FN4O2. The SMILES string of the molecule is COc1cc2nncc(-c3ccc(NC(C)c4ccc(F)cc4)nc3)c2cc1OC. The van der Waals surface area contributed by atoms with Crippen LogP contribution < -0.4 is 14.8 Å². The molecule has 0 saturated carbocycles. The van der Waals surface area contributed by atoms with Crippen molar-refractivity contribution in [3.8, 4) is 22.6 Å². The summed E-state index contributed by atoms with van der Waals surface area (Å²) < 4.78 is 23.9. The number of nitrogens with zero attached hydrogens (tertiary/aromatic N) is 3. The summed E-state index contributed by atoms with van der Waals surface area (Å²) in [5, 5.41) is 12.5. The van der Waals surface area contributed by atoms with Crippen molar-refractivity contribution >= 4 is 16.7 Å².